The summed E-state index contributed by atoms with van der Waals surface area (Å²) in [5.74, 6) is -1.59. The summed E-state index contributed by atoms with van der Waals surface area (Å²) in [5.41, 5.74) is 2.92. The molecule has 2 rings (SSSR count). The van der Waals surface area contributed by atoms with Crippen LogP contribution in [0, 0.1) is 6.92 Å². The predicted octanol–water partition coefficient (Wildman–Crippen LogP) is 4.25. The van der Waals surface area contributed by atoms with Crippen LogP contribution < -0.4 is 10.6 Å². The van der Waals surface area contributed by atoms with Crippen molar-refractivity contribution in [1.29, 1.82) is 0 Å². The Morgan fingerprint density at radius 3 is 2.27 bits per heavy atom. The molecule has 1 unspecified atom stereocenters. The smallest absolute Gasteiger partial charge is 0.326 e. The van der Waals surface area contributed by atoms with Gasteiger partial charge in [0.15, 0.2) is 6.10 Å². The van der Waals surface area contributed by atoms with Crippen LogP contribution in [0.4, 0.5) is 5.69 Å². The summed E-state index contributed by atoms with van der Waals surface area (Å²) in [6.07, 6.45) is -1.03. The lowest BCUT2D eigenvalue weighted by Crippen LogP contribution is -2.35. The van der Waals surface area contributed by atoms with Crippen LogP contribution in [0.5, 0.6) is 0 Å². The van der Waals surface area contributed by atoms with Crippen molar-refractivity contribution >= 4 is 35.1 Å². The van der Waals surface area contributed by atoms with Crippen molar-refractivity contribution in [3.05, 3.63) is 64.2 Å². The molecule has 0 aliphatic heterocycles. The summed E-state index contributed by atoms with van der Waals surface area (Å²) in [6.45, 7) is 9.23. The zero-order chi connectivity index (χ0) is 22.5. The van der Waals surface area contributed by atoms with E-state index in [1.54, 1.807) is 30.3 Å². The number of nitrogens with one attached hydrogen (secondary N) is 2. The molecule has 0 aliphatic rings. The Morgan fingerprint density at radius 2 is 1.70 bits per heavy atom. The third-order valence-electron chi connectivity index (χ3n) is 4.52. The first-order valence-electron chi connectivity index (χ1n) is 9.62. The first-order chi connectivity index (χ1) is 14.0. The van der Waals surface area contributed by atoms with Crippen molar-refractivity contribution in [2.24, 2.45) is 0 Å². The van der Waals surface area contributed by atoms with Crippen molar-refractivity contribution in [2.75, 3.05) is 11.9 Å². The Morgan fingerprint density at radius 1 is 1.07 bits per heavy atom. The molecule has 2 aromatic carbocycles. The number of carbonyl (C=O) groups is 3. The second-order valence-electron chi connectivity index (χ2n) is 8.10. The maximum atomic E-state index is 12.2. The maximum Gasteiger partial charge on any atom is 0.326 e. The van der Waals surface area contributed by atoms with E-state index in [-0.39, 0.29) is 17.9 Å². The third kappa shape index (κ3) is 6.59. The third-order valence-corrected chi connectivity index (χ3v) is 4.93. The van der Waals surface area contributed by atoms with Crippen molar-refractivity contribution in [2.45, 2.75) is 46.1 Å². The number of halogens is 1. The summed E-state index contributed by atoms with van der Waals surface area (Å²) >= 11 is 6.04. The molecule has 30 heavy (non-hydrogen) atoms. The number of hydrogen-bond donors (Lipinski definition) is 2. The number of aryl methyl sites for hydroxylation is 1. The van der Waals surface area contributed by atoms with Gasteiger partial charge in [0.25, 0.3) is 11.8 Å². The molecular formula is C23H27ClN2O4. The summed E-state index contributed by atoms with van der Waals surface area (Å²) < 4.78 is 5.09. The van der Waals surface area contributed by atoms with Crippen LogP contribution in [0.15, 0.2) is 42.5 Å². The van der Waals surface area contributed by atoms with Gasteiger partial charge in [-0.15, -0.1) is 0 Å². The monoisotopic (exact) mass is 430 g/mol. The Bertz CT molecular complexity index is 933. The lowest BCUT2D eigenvalue weighted by atomic mass is 9.87. The number of rotatable bonds is 6. The molecule has 160 valence electrons. The molecule has 2 N–H and O–H groups in total. The highest BCUT2D eigenvalue weighted by atomic mass is 35.5. The quantitative estimate of drug-likeness (QED) is 0.671. The number of ether oxygens (including phenoxy) is 1. The first-order valence-corrected chi connectivity index (χ1v) is 10.0. The largest absolute Gasteiger partial charge is 0.451 e. The minimum atomic E-state index is -1.03. The molecule has 0 aliphatic carbocycles. The molecule has 0 heterocycles. The molecule has 6 nitrogen and oxygen atoms in total. The zero-order valence-electron chi connectivity index (χ0n) is 17.8. The Hall–Kier alpha value is -2.86. The first kappa shape index (κ1) is 23.4. The summed E-state index contributed by atoms with van der Waals surface area (Å²) in [5, 5.41) is 5.66. The van der Waals surface area contributed by atoms with E-state index in [2.05, 4.69) is 31.4 Å². The summed E-state index contributed by atoms with van der Waals surface area (Å²) in [6, 6.07) is 12.3. The Balaban J connectivity index is 1.83. The van der Waals surface area contributed by atoms with Crippen molar-refractivity contribution < 1.29 is 19.1 Å². The Kier molecular flexibility index (Phi) is 7.62. The van der Waals surface area contributed by atoms with Crippen LogP contribution in [0.3, 0.4) is 0 Å². The number of benzene rings is 2. The topological polar surface area (TPSA) is 84.5 Å². The van der Waals surface area contributed by atoms with E-state index < -0.39 is 18.0 Å². The van der Waals surface area contributed by atoms with Gasteiger partial charge in [-0.1, -0.05) is 50.6 Å². The average Bonchev–Trinajstić information content (AvgIpc) is 2.68. The van der Waals surface area contributed by atoms with Crippen LogP contribution in [-0.2, 0) is 19.7 Å². The second-order valence-corrected chi connectivity index (χ2v) is 8.50. The highest BCUT2D eigenvalue weighted by Crippen LogP contribution is 2.22. The van der Waals surface area contributed by atoms with Gasteiger partial charge in [-0.2, -0.15) is 0 Å². The van der Waals surface area contributed by atoms with Crippen LogP contribution in [0.25, 0.3) is 0 Å². The molecule has 0 saturated carbocycles. The van der Waals surface area contributed by atoms with Crippen LogP contribution >= 0.6 is 11.6 Å². The highest BCUT2D eigenvalue weighted by molar-refractivity contribution is 6.31. The van der Waals surface area contributed by atoms with E-state index in [1.807, 2.05) is 19.1 Å². The second kappa shape index (κ2) is 9.76. The average molecular weight is 431 g/mol. The lowest BCUT2D eigenvalue weighted by molar-refractivity contribution is -0.152. The number of amides is 2. The molecule has 0 saturated heterocycles. The van der Waals surface area contributed by atoms with Crippen LogP contribution in [-0.4, -0.2) is 30.4 Å². The van der Waals surface area contributed by atoms with E-state index in [4.69, 9.17) is 16.3 Å². The standard InChI is InChI=1S/C23H27ClN2O4/c1-14-6-11-18(12-19(14)24)26-21(28)15(2)30-20(27)13-25-22(29)16-7-9-17(10-8-16)23(3,4)5/h6-12,15H,13H2,1-5H3,(H,25,29)(H,26,28). The van der Waals surface area contributed by atoms with Crippen molar-refractivity contribution in [3.63, 3.8) is 0 Å². The zero-order valence-corrected chi connectivity index (χ0v) is 18.6. The van der Waals surface area contributed by atoms with Gasteiger partial charge in [-0.3, -0.25) is 14.4 Å². The van der Waals surface area contributed by atoms with Gasteiger partial charge in [0, 0.05) is 16.3 Å². The predicted molar refractivity (Wildman–Crippen MR) is 118 cm³/mol. The fourth-order valence-electron chi connectivity index (χ4n) is 2.58. The normalized spacial score (nSPS) is 12.1. The van der Waals surface area contributed by atoms with Gasteiger partial charge in [-0.05, 0) is 54.7 Å². The van der Waals surface area contributed by atoms with Crippen LogP contribution in [0.1, 0.15) is 49.2 Å². The minimum Gasteiger partial charge on any atom is -0.451 e. The van der Waals surface area contributed by atoms with E-state index in [1.165, 1.54) is 6.92 Å². The molecular weight excluding hydrogens is 404 g/mol. The molecule has 2 amide bonds. The number of hydrogen-bond acceptors (Lipinski definition) is 4. The fourth-order valence-corrected chi connectivity index (χ4v) is 2.76. The molecule has 7 heteroatoms. The molecule has 0 bridgehead atoms. The molecule has 0 fully saturated rings. The number of anilines is 1. The molecule has 2 aromatic rings. The maximum absolute atomic E-state index is 12.2. The van der Waals surface area contributed by atoms with E-state index in [9.17, 15) is 14.4 Å². The highest BCUT2D eigenvalue weighted by Gasteiger charge is 2.19. The van der Waals surface area contributed by atoms with E-state index >= 15 is 0 Å². The van der Waals surface area contributed by atoms with Gasteiger partial charge in [0.05, 0.1) is 0 Å². The SMILES string of the molecule is Cc1ccc(NC(=O)C(C)OC(=O)CNC(=O)c2ccc(C(C)(C)C)cc2)cc1Cl. The molecule has 1 atom stereocenters. The van der Waals surface area contributed by atoms with Gasteiger partial charge in [0.1, 0.15) is 6.54 Å². The van der Waals surface area contributed by atoms with E-state index in [0.29, 0.717) is 16.3 Å². The van der Waals surface area contributed by atoms with E-state index in [0.717, 1.165) is 11.1 Å². The molecule has 0 aromatic heterocycles. The molecule has 0 spiro atoms. The number of esters is 1. The fraction of sp³-hybridized carbons (Fsp3) is 0.348. The summed E-state index contributed by atoms with van der Waals surface area (Å²) in [4.78, 5) is 36.4. The lowest BCUT2D eigenvalue weighted by Gasteiger charge is -2.19. The number of carbonyl (C=O) groups excluding carboxylic acids is 3. The van der Waals surface area contributed by atoms with Crippen LogP contribution in [0.2, 0.25) is 5.02 Å². The van der Waals surface area contributed by atoms with Crippen molar-refractivity contribution in [1.82, 2.24) is 5.32 Å². The Labute approximate surface area is 182 Å². The molecule has 0 radical (unpaired) electrons. The van der Waals surface area contributed by atoms with Gasteiger partial charge in [0.2, 0.25) is 0 Å². The van der Waals surface area contributed by atoms with Gasteiger partial charge < -0.3 is 15.4 Å². The summed E-state index contributed by atoms with van der Waals surface area (Å²) in [7, 11) is 0. The van der Waals surface area contributed by atoms with Crippen molar-refractivity contribution in [3.8, 4) is 0 Å². The van der Waals surface area contributed by atoms with Gasteiger partial charge in [-0.25, -0.2) is 0 Å². The minimum absolute atomic E-state index is 0.0144. The van der Waals surface area contributed by atoms with Gasteiger partial charge >= 0.3 is 5.97 Å².